The normalized spacial score (nSPS) is 21.4. The van der Waals surface area contributed by atoms with E-state index in [0.29, 0.717) is 6.61 Å². The van der Waals surface area contributed by atoms with Crippen LogP contribution in [0.5, 0.6) is 0 Å². The van der Waals surface area contributed by atoms with Crippen molar-refractivity contribution in [2.45, 2.75) is 68.1 Å². The molecule has 4 aromatic heterocycles. The summed E-state index contributed by atoms with van der Waals surface area (Å²) in [4.78, 5) is 32.1. The minimum Gasteiger partial charge on any atom is -0.444 e. The molecule has 2 fully saturated rings. The van der Waals surface area contributed by atoms with Gasteiger partial charge in [-0.25, -0.2) is 19.7 Å². The van der Waals surface area contributed by atoms with Crippen LogP contribution in [0.4, 0.5) is 10.7 Å². The SMILES string of the molecule is C[C@@H]1OCC2(CCN(c3ncc(Sc4ccnc5sccc45)c4nccn34)CC2)[C@@H]1NC(=O)OC(C)(C)C. The predicted octanol–water partition coefficient (Wildman–Crippen LogP) is 5.39. The van der Waals surface area contributed by atoms with Crippen LogP contribution in [0, 0.1) is 5.41 Å². The Kier molecular flexibility index (Phi) is 6.48. The van der Waals surface area contributed by atoms with Gasteiger partial charge in [0, 0.05) is 53.6 Å². The van der Waals surface area contributed by atoms with Crippen LogP contribution in [0.1, 0.15) is 40.5 Å². The van der Waals surface area contributed by atoms with Gasteiger partial charge in [-0.3, -0.25) is 4.40 Å². The summed E-state index contributed by atoms with van der Waals surface area (Å²) < 4.78 is 13.7. The van der Waals surface area contributed by atoms with Crippen LogP contribution in [0.3, 0.4) is 0 Å². The number of piperidine rings is 1. The van der Waals surface area contributed by atoms with Crippen molar-refractivity contribution in [3.05, 3.63) is 42.3 Å². The van der Waals surface area contributed by atoms with E-state index in [2.05, 4.69) is 36.0 Å². The summed E-state index contributed by atoms with van der Waals surface area (Å²) >= 11 is 3.32. The molecule has 9 nitrogen and oxygen atoms in total. The molecule has 200 valence electrons. The first kappa shape index (κ1) is 25.4. The number of carbonyl (C=O) groups is 1. The third-order valence-corrected chi connectivity index (χ3v) is 9.30. The lowest BCUT2D eigenvalue weighted by Crippen LogP contribution is -2.55. The van der Waals surface area contributed by atoms with Crippen LogP contribution in [-0.4, -0.2) is 62.9 Å². The zero-order valence-corrected chi connectivity index (χ0v) is 23.6. The molecule has 2 aliphatic rings. The molecule has 1 amide bonds. The number of amides is 1. The molecular formula is C27H32N6O3S2. The van der Waals surface area contributed by atoms with Gasteiger partial charge in [0.25, 0.3) is 0 Å². The first-order valence-corrected chi connectivity index (χ1v) is 14.6. The molecule has 6 heterocycles. The fourth-order valence-corrected chi connectivity index (χ4v) is 7.35. The molecule has 0 saturated carbocycles. The van der Waals surface area contributed by atoms with Crippen molar-refractivity contribution in [3.8, 4) is 0 Å². The predicted molar refractivity (Wildman–Crippen MR) is 149 cm³/mol. The van der Waals surface area contributed by atoms with Crippen LogP contribution < -0.4 is 10.2 Å². The largest absolute Gasteiger partial charge is 0.444 e. The van der Waals surface area contributed by atoms with Crippen LogP contribution in [-0.2, 0) is 9.47 Å². The Morgan fingerprint density at radius 2 is 2.00 bits per heavy atom. The van der Waals surface area contributed by atoms with Gasteiger partial charge in [-0.15, -0.1) is 11.3 Å². The molecule has 2 atom stereocenters. The smallest absolute Gasteiger partial charge is 0.407 e. The molecule has 4 aromatic rings. The Bertz CT molecular complexity index is 1470. The number of carbonyl (C=O) groups excluding carboxylic acids is 1. The third kappa shape index (κ3) is 4.71. The van der Waals surface area contributed by atoms with E-state index in [4.69, 9.17) is 14.5 Å². The highest BCUT2D eigenvalue weighted by molar-refractivity contribution is 7.99. The van der Waals surface area contributed by atoms with E-state index in [1.807, 2.05) is 58.5 Å². The number of thiophene rings is 1. The Labute approximate surface area is 230 Å². The van der Waals surface area contributed by atoms with Crippen molar-refractivity contribution >= 4 is 51.0 Å². The van der Waals surface area contributed by atoms with E-state index < -0.39 is 5.60 Å². The lowest BCUT2D eigenvalue weighted by Gasteiger charge is -2.43. The van der Waals surface area contributed by atoms with Gasteiger partial charge in [0.1, 0.15) is 10.4 Å². The van der Waals surface area contributed by atoms with E-state index in [1.165, 1.54) is 0 Å². The third-order valence-electron chi connectivity index (χ3n) is 7.40. The maximum atomic E-state index is 12.6. The summed E-state index contributed by atoms with van der Waals surface area (Å²) in [7, 11) is 0. The van der Waals surface area contributed by atoms with Gasteiger partial charge in [0.15, 0.2) is 5.65 Å². The maximum absolute atomic E-state index is 12.6. The standard InChI is InChI=1S/C27H32N6O3S2/c1-17-21(31-25(34)36-26(2,3)4)27(16-35-17)7-11-32(12-8-27)24-30-15-20(22-28-10-13-33(22)24)38-19-5-9-29-23-18(19)6-14-37-23/h5-6,9-10,13-15,17,21H,7-8,11-12,16H2,1-4H3,(H,31,34)/t17-,21+/m0/s1. The maximum Gasteiger partial charge on any atom is 0.407 e. The Balaban J connectivity index is 1.20. The monoisotopic (exact) mass is 552 g/mol. The fraction of sp³-hybridized carbons (Fsp3) is 0.481. The van der Waals surface area contributed by atoms with Gasteiger partial charge < -0.3 is 19.7 Å². The first-order chi connectivity index (χ1) is 18.2. The molecular weight excluding hydrogens is 520 g/mol. The molecule has 38 heavy (non-hydrogen) atoms. The number of anilines is 1. The number of imidazole rings is 1. The molecule has 11 heteroatoms. The van der Waals surface area contributed by atoms with Crippen molar-refractivity contribution < 1.29 is 14.3 Å². The van der Waals surface area contributed by atoms with Gasteiger partial charge >= 0.3 is 6.09 Å². The van der Waals surface area contributed by atoms with Gasteiger partial charge in [0.2, 0.25) is 5.95 Å². The summed E-state index contributed by atoms with van der Waals surface area (Å²) in [6.07, 6.45) is 8.92. The number of hydrogen-bond donors (Lipinski definition) is 1. The highest BCUT2D eigenvalue weighted by atomic mass is 32.2. The van der Waals surface area contributed by atoms with Crippen LogP contribution in [0.25, 0.3) is 15.9 Å². The van der Waals surface area contributed by atoms with E-state index in [0.717, 1.165) is 57.5 Å². The first-order valence-electron chi connectivity index (χ1n) is 12.9. The number of rotatable bonds is 4. The molecule has 2 aliphatic heterocycles. The zero-order chi connectivity index (χ0) is 26.5. The molecule has 0 aromatic carbocycles. The zero-order valence-electron chi connectivity index (χ0n) is 22.0. The van der Waals surface area contributed by atoms with Crippen molar-refractivity contribution in [1.82, 2.24) is 24.7 Å². The van der Waals surface area contributed by atoms with E-state index in [1.54, 1.807) is 23.1 Å². The number of nitrogens with zero attached hydrogens (tertiary/aromatic N) is 5. The van der Waals surface area contributed by atoms with Gasteiger partial charge in [-0.2, -0.15) is 0 Å². The Morgan fingerprint density at radius 3 is 2.79 bits per heavy atom. The van der Waals surface area contributed by atoms with Gasteiger partial charge in [-0.05, 0) is 58.0 Å². The summed E-state index contributed by atoms with van der Waals surface area (Å²) in [5.41, 5.74) is 0.231. The van der Waals surface area contributed by atoms with Gasteiger partial charge in [-0.1, -0.05) is 11.8 Å². The number of fused-ring (bicyclic) bond motifs is 2. The number of hydrogen-bond acceptors (Lipinski definition) is 9. The second kappa shape index (κ2) is 9.69. The highest BCUT2D eigenvalue weighted by Crippen LogP contribution is 2.43. The van der Waals surface area contributed by atoms with Crippen LogP contribution in [0.2, 0.25) is 0 Å². The van der Waals surface area contributed by atoms with Crippen LogP contribution >= 0.6 is 23.1 Å². The summed E-state index contributed by atoms with van der Waals surface area (Å²) in [5.74, 6) is 0.885. The minimum atomic E-state index is -0.539. The minimum absolute atomic E-state index is 0.0632. The lowest BCUT2D eigenvalue weighted by atomic mass is 9.73. The second-order valence-corrected chi connectivity index (χ2v) is 13.1. The van der Waals surface area contributed by atoms with E-state index >= 15 is 0 Å². The Morgan fingerprint density at radius 1 is 1.18 bits per heavy atom. The van der Waals surface area contributed by atoms with Crippen molar-refractivity contribution in [2.24, 2.45) is 5.41 Å². The van der Waals surface area contributed by atoms with Crippen LogP contribution in [0.15, 0.2) is 52.1 Å². The highest BCUT2D eigenvalue weighted by Gasteiger charge is 2.50. The Hall–Kier alpha value is -2.89. The molecule has 0 aliphatic carbocycles. The van der Waals surface area contributed by atoms with E-state index in [-0.39, 0.29) is 23.7 Å². The average Bonchev–Trinajstić information content (AvgIpc) is 3.61. The quantitative estimate of drug-likeness (QED) is 0.360. The number of aromatic nitrogens is 4. The molecule has 0 bridgehead atoms. The summed E-state index contributed by atoms with van der Waals surface area (Å²) in [6.45, 7) is 9.93. The van der Waals surface area contributed by atoms with Gasteiger partial charge in [0.05, 0.1) is 23.6 Å². The summed E-state index contributed by atoms with van der Waals surface area (Å²) in [6, 6.07) is 4.07. The van der Waals surface area contributed by atoms with Crippen molar-refractivity contribution in [1.29, 1.82) is 0 Å². The van der Waals surface area contributed by atoms with Crippen molar-refractivity contribution in [3.63, 3.8) is 0 Å². The number of alkyl carbamates (subject to hydrolysis) is 1. The molecule has 1 N–H and O–H groups in total. The molecule has 0 unspecified atom stereocenters. The average molecular weight is 553 g/mol. The summed E-state index contributed by atoms with van der Waals surface area (Å²) in [5, 5.41) is 6.35. The van der Waals surface area contributed by atoms with Crippen molar-refractivity contribution in [2.75, 3.05) is 24.6 Å². The number of ether oxygens (including phenoxy) is 2. The fourth-order valence-electron chi connectivity index (χ4n) is 5.54. The lowest BCUT2D eigenvalue weighted by molar-refractivity contribution is 0.0434. The molecule has 1 spiro atoms. The topological polar surface area (TPSA) is 93.9 Å². The van der Waals surface area contributed by atoms with E-state index in [9.17, 15) is 4.79 Å². The number of pyridine rings is 1. The molecule has 0 radical (unpaired) electrons. The number of nitrogens with one attached hydrogen (secondary N) is 1. The molecule has 2 saturated heterocycles. The second-order valence-electron chi connectivity index (χ2n) is 11.1. The molecule has 6 rings (SSSR count).